The van der Waals surface area contributed by atoms with Crippen molar-refractivity contribution >= 4 is 5.91 Å². The number of carbonyl (C=O) groups is 1. The molecular weight excluding hydrogens is 310 g/mol. The van der Waals surface area contributed by atoms with Crippen LogP contribution in [0.3, 0.4) is 0 Å². The van der Waals surface area contributed by atoms with Crippen LogP contribution in [0.1, 0.15) is 28.8 Å². The van der Waals surface area contributed by atoms with Crippen LogP contribution in [0.4, 0.5) is 0 Å². The molecule has 0 bridgehead atoms. The van der Waals surface area contributed by atoms with Gasteiger partial charge in [-0.25, -0.2) is 0 Å². The summed E-state index contributed by atoms with van der Waals surface area (Å²) in [6.07, 6.45) is 3.27. The van der Waals surface area contributed by atoms with Gasteiger partial charge >= 0.3 is 0 Å². The Balaban J connectivity index is 1.45. The van der Waals surface area contributed by atoms with Crippen molar-refractivity contribution in [2.75, 3.05) is 26.2 Å². The molecule has 1 aromatic carbocycles. The molecule has 2 aromatic rings. The maximum atomic E-state index is 12.5. The van der Waals surface area contributed by atoms with Crippen LogP contribution in [0, 0.1) is 13.8 Å². The Morgan fingerprint density at radius 2 is 1.88 bits per heavy atom. The Morgan fingerprint density at radius 3 is 2.56 bits per heavy atom. The summed E-state index contributed by atoms with van der Waals surface area (Å²) in [7, 11) is 0. The second kappa shape index (κ2) is 8.26. The molecular formula is C21H27N3O. The number of rotatable bonds is 5. The van der Waals surface area contributed by atoms with E-state index < -0.39 is 0 Å². The third kappa shape index (κ3) is 4.89. The largest absolute Gasteiger partial charge is 0.340 e. The number of piperazine rings is 1. The highest BCUT2D eigenvalue weighted by Gasteiger charge is 2.21. The van der Waals surface area contributed by atoms with Crippen molar-refractivity contribution in [1.29, 1.82) is 0 Å². The van der Waals surface area contributed by atoms with Gasteiger partial charge in [-0.3, -0.25) is 14.7 Å². The van der Waals surface area contributed by atoms with Crippen LogP contribution in [-0.2, 0) is 17.8 Å². The van der Waals surface area contributed by atoms with Gasteiger partial charge in [-0.15, -0.1) is 0 Å². The Hall–Kier alpha value is -2.20. The molecule has 1 aliphatic rings. The van der Waals surface area contributed by atoms with E-state index in [0.29, 0.717) is 6.42 Å². The number of benzene rings is 1. The van der Waals surface area contributed by atoms with Crippen LogP contribution in [0.5, 0.6) is 0 Å². The van der Waals surface area contributed by atoms with Crippen molar-refractivity contribution in [1.82, 2.24) is 14.8 Å². The first-order chi connectivity index (χ1) is 12.1. The van der Waals surface area contributed by atoms with Crippen molar-refractivity contribution in [3.8, 4) is 0 Å². The van der Waals surface area contributed by atoms with Gasteiger partial charge in [-0.1, -0.05) is 29.8 Å². The highest BCUT2D eigenvalue weighted by molar-refractivity contribution is 5.76. The van der Waals surface area contributed by atoms with Crippen LogP contribution < -0.4 is 0 Å². The van der Waals surface area contributed by atoms with Crippen molar-refractivity contribution in [2.45, 2.75) is 33.2 Å². The predicted molar refractivity (Wildman–Crippen MR) is 100 cm³/mol. The minimum atomic E-state index is 0.275. The third-order valence-electron chi connectivity index (χ3n) is 4.94. The zero-order chi connectivity index (χ0) is 17.6. The highest BCUT2D eigenvalue weighted by atomic mass is 16.2. The standard InChI is InChI=1S/C21H27N3O/c1-17-6-7-19(18(2)15-17)8-9-21(25)24-13-11-23(12-14-24)16-20-5-3-4-10-22-20/h3-7,10,15H,8-9,11-14,16H2,1-2H3. The minimum absolute atomic E-state index is 0.275. The molecule has 132 valence electrons. The molecule has 25 heavy (non-hydrogen) atoms. The van der Waals surface area contributed by atoms with E-state index in [9.17, 15) is 4.79 Å². The molecule has 0 saturated carbocycles. The Bertz CT molecular complexity index is 706. The maximum absolute atomic E-state index is 12.5. The first-order valence-electron chi connectivity index (χ1n) is 9.08. The van der Waals surface area contributed by atoms with Crippen LogP contribution in [0.15, 0.2) is 42.6 Å². The Kier molecular flexibility index (Phi) is 5.82. The zero-order valence-electron chi connectivity index (χ0n) is 15.2. The van der Waals surface area contributed by atoms with Crippen LogP contribution >= 0.6 is 0 Å². The molecule has 3 rings (SSSR count). The van der Waals surface area contributed by atoms with Crippen molar-refractivity contribution in [3.63, 3.8) is 0 Å². The fourth-order valence-electron chi connectivity index (χ4n) is 3.40. The molecule has 1 fully saturated rings. The molecule has 1 aromatic heterocycles. The summed E-state index contributed by atoms with van der Waals surface area (Å²) in [6, 6.07) is 12.5. The van der Waals surface area contributed by atoms with Crippen molar-refractivity contribution < 1.29 is 4.79 Å². The lowest BCUT2D eigenvalue weighted by atomic mass is 10.0. The van der Waals surface area contributed by atoms with Crippen molar-refractivity contribution in [3.05, 3.63) is 65.0 Å². The van der Waals surface area contributed by atoms with E-state index in [1.165, 1.54) is 16.7 Å². The van der Waals surface area contributed by atoms with Gasteiger partial charge in [0, 0.05) is 45.3 Å². The molecule has 0 atom stereocenters. The van der Waals surface area contributed by atoms with Gasteiger partial charge in [-0.2, -0.15) is 0 Å². The molecule has 2 heterocycles. The van der Waals surface area contributed by atoms with E-state index in [1.807, 2.05) is 23.2 Å². The molecule has 4 nitrogen and oxygen atoms in total. The van der Waals surface area contributed by atoms with Crippen LogP contribution in [0.2, 0.25) is 0 Å². The zero-order valence-corrected chi connectivity index (χ0v) is 15.2. The quantitative estimate of drug-likeness (QED) is 0.842. The second-order valence-electron chi connectivity index (χ2n) is 6.91. The molecule has 4 heteroatoms. The third-order valence-corrected chi connectivity index (χ3v) is 4.94. The normalized spacial score (nSPS) is 15.4. The first-order valence-corrected chi connectivity index (χ1v) is 9.08. The summed E-state index contributed by atoms with van der Waals surface area (Å²) in [5, 5.41) is 0. The van der Waals surface area contributed by atoms with Crippen molar-refractivity contribution in [2.24, 2.45) is 0 Å². The second-order valence-corrected chi connectivity index (χ2v) is 6.91. The van der Waals surface area contributed by atoms with Gasteiger partial charge in [0.2, 0.25) is 5.91 Å². The number of carbonyl (C=O) groups excluding carboxylic acids is 1. The van der Waals surface area contributed by atoms with E-state index in [-0.39, 0.29) is 5.91 Å². The van der Waals surface area contributed by atoms with Gasteiger partial charge in [0.15, 0.2) is 0 Å². The van der Waals surface area contributed by atoms with E-state index >= 15 is 0 Å². The molecule has 0 spiro atoms. The molecule has 1 amide bonds. The average Bonchev–Trinajstić information content (AvgIpc) is 2.62. The first kappa shape index (κ1) is 17.6. The van der Waals surface area contributed by atoms with Gasteiger partial charge in [0.1, 0.15) is 0 Å². The lowest BCUT2D eigenvalue weighted by molar-refractivity contribution is -0.133. The lowest BCUT2D eigenvalue weighted by Crippen LogP contribution is -2.48. The molecule has 0 aliphatic carbocycles. The number of aryl methyl sites for hydroxylation is 3. The molecule has 1 aliphatic heterocycles. The lowest BCUT2D eigenvalue weighted by Gasteiger charge is -2.34. The monoisotopic (exact) mass is 337 g/mol. The number of hydrogen-bond acceptors (Lipinski definition) is 3. The summed E-state index contributed by atoms with van der Waals surface area (Å²) in [4.78, 5) is 21.3. The number of aromatic nitrogens is 1. The smallest absolute Gasteiger partial charge is 0.222 e. The van der Waals surface area contributed by atoms with Gasteiger partial charge in [0.05, 0.1) is 5.69 Å². The van der Waals surface area contributed by atoms with Crippen LogP contribution in [0.25, 0.3) is 0 Å². The predicted octanol–water partition coefficient (Wildman–Crippen LogP) is 2.98. The highest BCUT2D eigenvalue weighted by Crippen LogP contribution is 2.14. The maximum Gasteiger partial charge on any atom is 0.222 e. The van der Waals surface area contributed by atoms with E-state index in [1.54, 1.807) is 0 Å². The number of amides is 1. The summed E-state index contributed by atoms with van der Waals surface area (Å²) >= 11 is 0. The van der Waals surface area contributed by atoms with E-state index in [0.717, 1.165) is 44.8 Å². The number of nitrogens with zero attached hydrogens (tertiary/aromatic N) is 3. The molecule has 0 N–H and O–H groups in total. The summed E-state index contributed by atoms with van der Waals surface area (Å²) in [5.41, 5.74) is 4.94. The SMILES string of the molecule is Cc1ccc(CCC(=O)N2CCN(Cc3ccccn3)CC2)c(C)c1. The van der Waals surface area contributed by atoms with Gasteiger partial charge < -0.3 is 4.90 Å². The molecule has 1 saturated heterocycles. The number of pyridine rings is 1. The van der Waals surface area contributed by atoms with E-state index in [4.69, 9.17) is 0 Å². The molecule has 0 radical (unpaired) electrons. The van der Waals surface area contributed by atoms with Crippen LogP contribution in [-0.4, -0.2) is 46.9 Å². The summed E-state index contributed by atoms with van der Waals surface area (Å²) in [5.74, 6) is 0.275. The Labute approximate surface area is 150 Å². The van der Waals surface area contributed by atoms with Gasteiger partial charge in [-0.05, 0) is 43.5 Å². The Morgan fingerprint density at radius 1 is 1.08 bits per heavy atom. The summed E-state index contributed by atoms with van der Waals surface area (Å²) < 4.78 is 0. The summed E-state index contributed by atoms with van der Waals surface area (Å²) in [6.45, 7) is 8.58. The topological polar surface area (TPSA) is 36.4 Å². The minimum Gasteiger partial charge on any atom is -0.340 e. The fraction of sp³-hybridized carbons (Fsp3) is 0.429. The fourth-order valence-corrected chi connectivity index (χ4v) is 3.40. The average molecular weight is 337 g/mol. The van der Waals surface area contributed by atoms with Gasteiger partial charge in [0.25, 0.3) is 0 Å². The van der Waals surface area contributed by atoms with E-state index in [2.05, 4.69) is 48.0 Å². The number of hydrogen-bond donors (Lipinski definition) is 0. The molecule has 0 unspecified atom stereocenters.